The number of ether oxygens (including phenoxy) is 1. The van der Waals surface area contributed by atoms with Crippen molar-refractivity contribution < 1.29 is 14.3 Å². The van der Waals surface area contributed by atoms with E-state index in [2.05, 4.69) is 0 Å². The Kier molecular flexibility index (Phi) is 3.74. The maximum absolute atomic E-state index is 12.4. The molecule has 1 heterocycles. The van der Waals surface area contributed by atoms with Gasteiger partial charge in [-0.15, -0.1) is 0 Å². The van der Waals surface area contributed by atoms with E-state index >= 15 is 0 Å². The van der Waals surface area contributed by atoms with E-state index in [-0.39, 0.29) is 18.0 Å². The maximum Gasteiger partial charge on any atom is 0.331 e. The monoisotopic (exact) mass is 268 g/mol. The molecule has 0 bridgehead atoms. The summed E-state index contributed by atoms with van der Waals surface area (Å²) in [5, 5.41) is 0. The Balaban J connectivity index is 2.15. The van der Waals surface area contributed by atoms with Crippen LogP contribution in [0.1, 0.15) is 39.5 Å². The van der Waals surface area contributed by atoms with Crippen LogP contribution in [0.25, 0.3) is 0 Å². The van der Waals surface area contributed by atoms with Gasteiger partial charge in [0.05, 0.1) is 13.2 Å². The highest BCUT2D eigenvalue weighted by Crippen LogP contribution is 2.35. The van der Waals surface area contributed by atoms with E-state index in [4.69, 9.17) is 4.74 Å². The number of esters is 1. The average molecular weight is 268 g/mol. The van der Waals surface area contributed by atoms with E-state index in [0.717, 1.165) is 0 Å². The summed E-state index contributed by atoms with van der Waals surface area (Å²) >= 11 is 0. The summed E-state index contributed by atoms with van der Waals surface area (Å²) in [6.07, 6.45) is 4.89. The molecule has 0 aromatic rings. The third-order valence-electron chi connectivity index (χ3n) is 4.70. The SMILES string of the molecule is COC(=O)C(C)(C)N1CC(C2CCCC2)N(C)C1=O. The summed E-state index contributed by atoms with van der Waals surface area (Å²) in [6.45, 7) is 4.13. The number of likely N-dealkylation sites (N-methyl/N-ethyl adjacent to an activating group) is 1. The van der Waals surface area contributed by atoms with Crippen LogP contribution in [0.4, 0.5) is 4.79 Å². The van der Waals surface area contributed by atoms with Crippen molar-refractivity contribution in [2.24, 2.45) is 5.92 Å². The largest absolute Gasteiger partial charge is 0.467 e. The maximum atomic E-state index is 12.4. The molecule has 19 heavy (non-hydrogen) atoms. The number of urea groups is 1. The predicted octanol–water partition coefficient (Wildman–Crippen LogP) is 1.86. The second-order valence-corrected chi connectivity index (χ2v) is 6.17. The second-order valence-electron chi connectivity index (χ2n) is 6.17. The molecule has 0 N–H and O–H groups in total. The van der Waals surface area contributed by atoms with E-state index < -0.39 is 5.54 Å². The number of rotatable bonds is 3. The Labute approximate surface area is 114 Å². The predicted molar refractivity (Wildman–Crippen MR) is 71.7 cm³/mol. The lowest BCUT2D eigenvalue weighted by atomic mass is 9.96. The summed E-state index contributed by atoms with van der Waals surface area (Å²) in [5.41, 5.74) is -0.895. The molecule has 1 unspecified atom stereocenters. The van der Waals surface area contributed by atoms with Gasteiger partial charge in [0.1, 0.15) is 5.54 Å². The molecule has 5 heteroatoms. The lowest BCUT2D eigenvalue weighted by Crippen LogP contribution is -2.52. The Morgan fingerprint density at radius 2 is 1.89 bits per heavy atom. The first-order valence-electron chi connectivity index (χ1n) is 7.02. The van der Waals surface area contributed by atoms with Gasteiger partial charge in [-0.05, 0) is 32.6 Å². The summed E-state index contributed by atoms with van der Waals surface area (Å²) in [6, 6.07) is 0.172. The Hall–Kier alpha value is -1.26. The molecule has 0 spiro atoms. The number of nitrogens with zero attached hydrogens (tertiary/aromatic N) is 2. The molecular weight excluding hydrogens is 244 g/mol. The molecule has 2 amide bonds. The molecule has 2 rings (SSSR count). The zero-order valence-corrected chi connectivity index (χ0v) is 12.3. The van der Waals surface area contributed by atoms with Crippen molar-refractivity contribution >= 4 is 12.0 Å². The van der Waals surface area contributed by atoms with Gasteiger partial charge in [-0.25, -0.2) is 9.59 Å². The smallest absolute Gasteiger partial charge is 0.331 e. The van der Waals surface area contributed by atoms with Gasteiger partial charge >= 0.3 is 12.0 Å². The lowest BCUT2D eigenvalue weighted by Gasteiger charge is -2.32. The van der Waals surface area contributed by atoms with Crippen LogP contribution in [-0.2, 0) is 9.53 Å². The topological polar surface area (TPSA) is 49.9 Å². The molecule has 1 aliphatic carbocycles. The van der Waals surface area contributed by atoms with Crippen molar-refractivity contribution in [3.8, 4) is 0 Å². The first-order valence-corrected chi connectivity index (χ1v) is 7.02. The van der Waals surface area contributed by atoms with Crippen molar-refractivity contribution in [3.05, 3.63) is 0 Å². The van der Waals surface area contributed by atoms with Gasteiger partial charge in [0.25, 0.3) is 0 Å². The first-order chi connectivity index (χ1) is 8.89. The number of hydrogen-bond acceptors (Lipinski definition) is 3. The minimum Gasteiger partial charge on any atom is -0.467 e. The van der Waals surface area contributed by atoms with Gasteiger partial charge in [0, 0.05) is 13.6 Å². The number of hydrogen-bond donors (Lipinski definition) is 0. The standard InChI is InChI=1S/C14H24N2O3/c1-14(2,12(17)19-4)16-9-11(15(3)13(16)18)10-7-5-6-8-10/h10-11H,5-9H2,1-4H3. The van der Waals surface area contributed by atoms with Crippen LogP contribution < -0.4 is 0 Å². The molecule has 1 atom stereocenters. The van der Waals surface area contributed by atoms with Gasteiger partial charge in [-0.1, -0.05) is 12.8 Å². The fourth-order valence-corrected chi connectivity index (χ4v) is 3.35. The van der Waals surface area contributed by atoms with Crippen LogP contribution >= 0.6 is 0 Å². The van der Waals surface area contributed by atoms with E-state index in [0.29, 0.717) is 12.5 Å². The summed E-state index contributed by atoms with van der Waals surface area (Å²) in [5.74, 6) is 0.216. The third kappa shape index (κ3) is 2.30. The van der Waals surface area contributed by atoms with E-state index in [1.807, 2.05) is 7.05 Å². The third-order valence-corrected chi connectivity index (χ3v) is 4.70. The summed E-state index contributed by atoms with van der Waals surface area (Å²) in [7, 11) is 3.21. The fraction of sp³-hybridized carbons (Fsp3) is 0.857. The normalized spacial score (nSPS) is 25.3. The molecule has 0 radical (unpaired) electrons. The molecule has 1 saturated carbocycles. The van der Waals surface area contributed by atoms with Crippen molar-refractivity contribution in [1.29, 1.82) is 0 Å². The molecule has 0 aromatic carbocycles. The van der Waals surface area contributed by atoms with Gasteiger partial charge in [-0.2, -0.15) is 0 Å². The molecule has 1 aliphatic heterocycles. The number of carbonyl (C=O) groups excluding carboxylic acids is 2. The average Bonchev–Trinajstić information content (AvgIpc) is 2.98. The molecule has 108 valence electrons. The number of amides is 2. The van der Waals surface area contributed by atoms with Gasteiger partial charge in [0.2, 0.25) is 0 Å². The van der Waals surface area contributed by atoms with Crippen molar-refractivity contribution in [1.82, 2.24) is 9.80 Å². The van der Waals surface area contributed by atoms with E-state index in [1.54, 1.807) is 23.6 Å². The van der Waals surface area contributed by atoms with Crippen LogP contribution in [-0.4, -0.2) is 54.1 Å². The summed E-state index contributed by atoms with van der Waals surface area (Å²) < 4.78 is 4.82. The molecule has 2 fully saturated rings. The van der Waals surface area contributed by atoms with Crippen LogP contribution in [0.2, 0.25) is 0 Å². The highest BCUT2D eigenvalue weighted by molar-refractivity contribution is 5.88. The molecule has 0 aromatic heterocycles. The first kappa shape index (κ1) is 14.2. The highest BCUT2D eigenvalue weighted by Gasteiger charge is 2.48. The Bertz CT molecular complexity index is 375. The lowest BCUT2D eigenvalue weighted by molar-refractivity contribution is -0.151. The van der Waals surface area contributed by atoms with Gasteiger partial charge < -0.3 is 14.5 Å². The molecule has 5 nitrogen and oxygen atoms in total. The van der Waals surface area contributed by atoms with E-state index in [9.17, 15) is 9.59 Å². The molecular formula is C14H24N2O3. The molecule has 2 aliphatic rings. The zero-order chi connectivity index (χ0) is 14.2. The van der Waals surface area contributed by atoms with Crippen LogP contribution in [0, 0.1) is 5.92 Å². The molecule has 1 saturated heterocycles. The minimum atomic E-state index is -0.895. The van der Waals surface area contributed by atoms with Crippen LogP contribution in [0.3, 0.4) is 0 Å². The minimum absolute atomic E-state index is 0.0627. The Morgan fingerprint density at radius 3 is 2.42 bits per heavy atom. The second kappa shape index (κ2) is 5.02. The number of carbonyl (C=O) groups is 2. The summed E-state index contributed by atoms with van der Waals surface area (Å²) in [4.78, 5) is 27.7. The zero-order valence-electron chi connectivity index (χ0n) is 12.3. The fourth-order valence-electron chi connectivity index (χ4n) is 3.35. The van der Waals surface area contributed by atoms with Crippen molar-refractivity contribution in [3.63, 3.8) is 0 Å². The van der Waals surface area contributed by atoms with E-state index in [1.165, 1.54) is 32.8 Å². The highest BCUT2D eigenvalue weighted by atomic mass is 16.5. The van der Waals surface area contributed by atoms with Crippen molar-refractivity contribution in [2.75, 3.05) is 20.7 Å². The quantitative estimate of drug-likeness (QED) is 0.734. The van der Waals surface area contributed by atoms with Crippen LogP contribution in [0.5, 0.6) is 0 Å². The van der Waals surface area contributed by atoms with Crippen LogP contribution in [0.15, 0.2) is 0 Å². The Morgan fingerprint density at radius 1 is 1.32 bits per heavy atom. The van der Waals surface area contributed by atoms with Gasteiger partial charge in [-0.3, -0.25) is 0 Å². The number of methoxy groups -OCH3 is 1. The van der Waals surface area contributed by atoms with Gasteiger partial charge in [0.15, 0.2) is 0 Å². The van der Waals surface area contributed by atoms with Crippen molar-refractivity contribution in [2.45, 2.75) is 51.1 Å².